The quantitative estimate of drug-likeness (QED) is 0.0781. The summed E-state index contributed by atoms with van der Waals surface area (Å²) in [5, 5.41) is 49.6. The topological polar surface area (TPSA) is 395 Å². The van der Waals surface area contributed by atoms with Gasteiger partial charge in [0, 0.05) is 175 Å². The number of aromatic hydroxyl groups is 1. The number of anilines is 2. The molecule has 9 N–H and O–H groups in total. The molecule has 435 valence electrons. The number of para-hydroxylation sites is 4. The molecule has 0 bridgehead atoms. The van der Waals surface area contributed by atoms with E-state index < -0.39 is 0 Å². The van der Waals surface area contributed by atoms with Crippen molar-refractivity contribution in [2.45, 2.75) is 47.6 Å². The van der Waals surface area contributed by atoms with Crippen molar-refractivity contribution < 1.29 is 37.2 Å². The SMILES string of the molecule is CC1=CC(=Nc2c(C)n(C)n(-c3ccccc3)c2=O)C=CC1=O.CC1=CC(Nc2c(C)n(C)n(-c3ccccc3)c2=O)C=CC1=O.Cc1c(N)c(=O)n(-c2ccccc2)n1C.Cc1ccccc1O.N.O.[C-]#N.[C-]#N.[C-]#N.[C-]#N.[C-]#N.[C-]#N.[Fe+6].[K].[K].[K]. The van der Waals surface area contributed by atoms with Crippen LogP contribution < -0.4 is 33.9 Å². The Bertz CT molecular complexity index is 3640. The number of nitrogen functional groups attached to an aromatic ring is 1. The second-order valence-corrected chi connectivity index (χ2v) is 16.4. The molecule has 4 aromatic carbocycles. The molecule has 0 spiro atoms. The number of aromatic nitrogens is 6. The molecule has 7 aromatic rings. The van der Waals surface area contributed by atoms with Gasteiger partial charge in [-0.3, -0.25) is 38.0 Å². The van der Waals surface area contributed by atoms with Crippen molar-refractivity contribution in [1.82, 2.24) is 34.2 Å². The molecule has 87 heavy (non-hydrogen) atoms. The summed E-state index contributed by atoms with van der Waals surface area (Å²) in [6, 6.07) is 35.5. The summed E-state index contributed by atoms with van der Waals surface area (Å²) in [4.78, 5) is 64.8. The van der Waals surface area contributed by atoms with Crippen molar-refractivity contribution in [2.24, 2.45) is 26.1 Å². The average Bonchev–Trinajstić information content (AvgIpc) is 2.21. The van der Waals surface area contributed by atoms with Crippen LogP contribution in [0.4, 0.5) is 17.1 Å². The van der Waals surface area contributed by atoms with Gasteiger partial charge in [0.2, 0.25) is 0 Å². The monoisotopic (exact) mass is 1290 g/mol. The number of nitrogens with two attached hydrogens (primary N) is 1. The Hall–Kier alpha value is -6.43. The molecule has 3 heterocycles. The van der Waals surface area contributed by atoms with Crippen molar-refractivity contribution in [3.8, 4) is 22.8 Å². The number of benzene rings is 4. The van der Waals surface area contributed by atoms with Gasteiger partial charge in [0.15, 0.2) is 17.3 Å². The number of hydrogen-bond donors (Lipinski definition) is 4. The molecule has 2 aliphatic rings. The molecule has 0 saturated carbocycles. The summed E-state index contributed by atoms with van der Waals surface area (Å²) < 4.78 is 10.1. The van der Waals surface area contributed by atoms with Gasteiger partial charge in [0.1, 0.15) is 17.1 Å². The van der Waals surface area contributed by atoms with Gasteiger partial charge in [-0.05, 0) is 125 Å². The molecule has 27 heteroatoms. The van der Waals surface area contributed by atoms with Crippen molar-refractivity contribution >= 4 is 188 Å². The fourth-order valence-electron chi connectivity index (χ4n) is 7.39. The van der Waals surface area contributed by atoms with Gasteiger partial charge in [-0.15, -0.1) is 0 Å². The van der Waals surface area contributed by atoms with Crippen LogP contribution in [0.5, 0.6) is 5.75 Å². The number of nitrogens with one attached hydrogen (secondary N) is 1. The molecule has 3 aromatic heterocycles. The van der Waals surface area contributed by atoms with Crippen LogP contribution in [0.1, 0.15) is 36.5 Å². The summed E-state index contributed by atoms with van der Waals surface area (Å²) in [6.45, 7) is 39.5. The first-order valence-electron chi connectivity index (χ1n) is 23.4. The second kappa shape index (κ2) is 50.6. The molecule has 0 aliphatic heterocycles. The fraction of sp³-hybridized carbons (Fsp3) is 0.167. The molecule has 23 nitrogen and oxygen atoms in total. The molecule has 0 saturated heterocycles. The number of allylic oxidation sites excluding steroid dienone is 6. The van der Waals surface area contributed by atoms with E-state index in [1.807, 2.05) is 169 Å². The zero-order chi connectivity index (χ0) is 62.1. The number of phenols is 1. The van der Waals surface area contributed by atoms with Crippen molar-refractivity contribution in [3.05, 3.63) is 256 Å². The number of rotatable bonds is 6. The van der Waals surface area contributed by atoms with Gasteiger partial charge in [0.25, 0.3) is 16.7 Å². The maximum absolute atomic E-state index is 12.8. The summed E-state index contributed by atoms with van der Waals surface area (Å²) in [7, 11) is 5.51. The molecular weight excluding hydrogens is 1230 g/mol. The zero-order valence-electron chi connectivity index (χ0n) is 50.5. The molecule has 2 aliphatic carbocycles. The van der Waals surface area contributed by atoms with Crippen LogP contribution >= 0.6 is 0 Å². The number of aliphatic imine (C=N–C) groups is 1. The zero-order valence-corrected chi connectivity index (χ0v) is 60.9. The number of phenolic OH excluding ortho intramolecular Hbond substituents is 1. The number of ketones is 2. The Morgan fingerprint density at radius 1 is 0.506 bits per heavy atom. The van der Waals surface area contributed by atoms with Gasteiger partial charge in [-0.1, -0.05) is 84.9 Å². The Kier molecular flexibility index (Phi) is 54.8. The summed E-state index contributed by atoms with van der Waals surface area (Å²) in [5.41, 5.74) is 14.1. The van der Waals surface area contributed by atoms with E-state index in [1.165, 1.54) is 6.08 Å². The van der Waals surface area contributed by atoms with E-state index in [0.717, 1.165) is 39.7 Å². The first kappa shape index (κ1) is 94.2. The molecule has 9 rings (SSSR count). The summed E-state index contributed by atoms with van der Waals surface area (Å²) >= 11 is 0. The van der Waals surface area contributed by atoms with Gasteiger partial charge >= 0.3 is 17.1 Å². The Labute approximate surface area is 645 Å². The maximum atomic E-state index is 12.8. The van der Waals surface area contributed by atoms with E-state index in [0.29, 0.717) is 39.7 Å². The second-order valence-electron chi connectivity index (χ2n) is 16.4. The molecule has 0 fully saturated rings. The van der Waals surface area contributed by atoms with Crippen molar-refractivity contribution in [3.63, 3.8) is 0 Å². The van der Waals surface area contributed by atoms with E-state index in [-0.39, 0.29) is 217 Å². The standard InChI is InChI=1S/C18H19N3O2.C18H17N3O2.C11H13N3O.C7H8O.6CN.Fe.3K.H3N.H2O/c2*1-12-11-14(9-10-16(12)22)19-17-13(2)20(3)21(18(17)23)15-7-5-4-6-8-15;1-8-10(12)11(15)14(13(8)2)9-6-4-3-5-7-9;1-6-4-2-3-5-7(6)8;6*1-2;;;;;;/h4-11,14,19H,1-3H3;4-11H,1-3H3;3-7H,12H2,1-2H3;2-5,8H,1H3;;;;;;;;;;;1H3;1H2/q;;;;6*-1;+6;;;;;. The van der Waals surface area contributed by atoms with Crippen LogP contribution in [-0.2, 0) is 47.8 Å². The van der Waals surface area contributed by atoms with Crippen LogP contribution in [0.25, 0.3) is 17.1 Å². The van der Waals surface area contributed by atoms with Crippen molar-refractivity contribution in [2.75, 3.05) is 11.1 Å². The van der Waals surface area contributed by atoms with Crippen LogP contribution in [0, 0.1) is 98.7 Å². The minimum atomic E-state index is -0.181. The minimum absolute atomic E-state index is 0. The third kappa shape index (κ3) is 26.4. The maximum Gasteiger partial charge on any atom is 6.00 e. The van der Waals surface area contributed by atoms with Crippen LogP contribution in [0.3, 0.4) is 0 Å². The van der Waals surface area contributed by atoms with Gasteiger partial charge in [-0.25, -0.2) is 19.0 Å². The summed E-state index contributed by atoms with van der Waals surface area (Å²) in [6.07, 6.45) is 9.95. The molecular formula is C60H62FeK3N16O7. The number of carbonyl (C=O) groups excluding carboxylic acids is 2. The number of carbonyl (C=O) groups is 2. The van der Waals surface area contributed by atoms with Crippen LogP contribution in [-0.4, -0.2) is 216 Å². The molecule has 0 amide bonds. The Morgan fingerprint density at radius 2 is 0.874 bits per heavy atom. The third-order valence-corrected chi connectivity index (χ3v) is 11.8. The van der Waals surface area contributed by atoms with E-state index in [1.54, 1.807) is 67.6 Å². The van der Waals surface area contributed by atoms with Gasteiger partial charge in [0.05, 0.1) is 45.9 Å². The number of nitrogens with zero attached hydrogens (tertiary/aromatic N) is 13. The fourth-order valence-corrected chi connectivity index (χ4v) is 7.39. The van der Waals surface area contributed by atoms with E-state index in [2.05, 4.69) is 10.3 Å². The Balaban J connectivity index is -0.000000188. The smallest absolute Gasteiger partial charge is 0.512 e. The van der Waals surface area contributed by atoms with Crippen LogP contribution in [0.2, 0.25) is 0 Å². The van der Waals surface area contributed by atoms with E-state index >= 15 is 0 Å². The Morgan fingerprint density at radius 3 is 1.24 bits per heavy atom. The normalized spacial score (nSPS) is 11.6. The molecule has 1 unspecified atom stereocenters. The number of aryl methyl sites for hydroxylation is 1. The van der Waals surface area contributed by atoms with Crippen LogP contribution in [0.15, 0.2) is 182 Å². The van der Waals surface area contributed by atoms with Crippen molar-refractivity contribution in [1.29, 1.82) is 31.6 Å². The van der Waals surface area contributed by atoms with E-state index in [4.69, 9.17) is 81.8 Å². The average molecular weight is 1290 g/mol. The van der Waals surface area contributed by atoms with E-state index in [9.17, 15) is 24.0 Å². The van der Waals surface area contributed by atoms with Gasteiger partial charge in [-0.2, -0.15) is 0 Å². The molecule has 1 atom stereocenters. The largest absolute Gasteiger partial charge is 6.00 e. The molecule has 3 radical (unpaired) electrons. The third-order valence-electron chi connectivity index (χ3n) is 11.8. The first-order chi connectivity index (χ1) is 38.9. The number of hydrogen-bond acceptors (Lipinski definition) is 16. The first-order valence-corrected chi connectivity index (χ1v) is 23.4. The predicted octanol–water partition coefficient (Wildman–Crippen LogP) is 6.53. The summed E-state index contributed by atoms with van der Waals surface area (Å²) in [5.74, 6) is 0.345. The van der Waals surface area contributed by atoms with Gasteiger partial charge < -0.3 is 98.8 Å². The predicted molar refractivity (Wildman–Crippen MR) is 331 cm³/mol. The minimum Gasteiger partial charge on any atom is -0.512 e.